The van der Waals surface area contributed by atoms with E-state index in [9.17, 15) is 14.4 Å². The lowest BCUT2D eigenvalue weighted by Gasteiger charge is -2.29. The second kappa shape index (κ2) is 6.29. The second-order valence-corrected chi connectivity index (χ2v) is 8.32. The summed E-state index contributed by atoms with van der Waals surface area (Å²) in [6.45, 7) is 6.52. The van der Waals surface area contributed by atoms with E-state index in [1.807, 2.05) is 20.8 Å². The molecule has 2 aliphatic heterocycles. The molecule has 0 aromatic carbocycles. The average Bonchev–Trinajstić information content (AvgIpc) is 3.07. The van der Waals surface area contributed by atoms with Gasteiger partial charge in [0.2, 0.25) is 5.91 Å². The van der Waals surface area contributed by atoms with E-state index >= 15 is 0 Å². The van der Waals surface area contributed by atoms with Gasteiger partial charge in [0.1, 0.15) is 5.60 Å². The van der Waals surface area contributed by atoms with Gasteiger partial charge in [-0.15, -0.1) is 0 Å². The molecule has 8 nitrogen and oxygen atoms in total. The fourth-order valence-electron chi connectivity index (χ4n) is 2.84. The van der Waals surface area contributed by atoms with Gasteiger partial charge in [0.15, 0.2) is 5.13 Å². The number of aromatic nitrogens is 1. The van der Waals surface area contributed by atoms with Crippen molar-refractivity contribution in [3.05, 3.63) is 10.6 Å². The van der Waals surface area contributed by atoms with Gasteiger partial charge in [-0.05, 0) is 20.8 Å². The van der Waals surface area contributed by atoms with E-state index in [0.29, 0.717) is 24.6 Å². The van der Waals surface area contributed by atoms with Crippen molar-refractivity contribution in [1.29, 1.82) is 0 Å². The molecular weight excluding hydrogens is 346 g/mol. The average molecular weight is 367 g/mol. The van der Waals surface area contributed by atoms with Gasteiger partial charge in [0, 0.05) is 30.8 Å². The quantitative estimate of drug-likeness (QED) is 0.857. The summed E-state index contributed by atoms with van der Waals surface area (Å²) < 4.78 is 5.40. The van der Waals surface area contributed by atoms with Crippen LogP contribution >= 0.6 is 11.3 Å². The molecule has 1 aromatic rings. The van der Waals surface area contributed by atoms with Crippen molar-refractivity contribution in [3.63, 3.8) is 0 Å². The van der Waals surface area contributed by atoms with E-state index in [4.69, 9.17) is 9.84 Å². The summed E-state index contributed by atoms with van der Waals surface area (Å²) >= 11 is 1.34. The van der Waals surface area contributed by atoms with Gasteiger partial charge in [-0.25, -0.2) is 9.78 Å². The van der Waals surface area contributed by atoms with Crippen molar-refractivity contribution in [2.45, 2.75) is 45.8 Å². The number of amides is 2. The van der Waals surface area contributed by atoms with Crippen LogP contribution in [0, 0.1) is 5.92 Å². The Hall–Kier alpha value is -2.16. The fourth-order valence-corrected chi connectivity index (χ4v) is 3.99. The van der Waals surface area contributed by atoms with Crippen LogP contribution in [0.25, 0.3) is 0 Å². The zero-order valence-corrected chi connectivity index (χ0v) is 15.3. The number of fused-ring (bicyclic) bond motifs is 1. The van der Waals surface area contributed by atoms with E-state index in [1.54, 1.807) is 4.90 Å². The highest BCUT2D eigenvalue weighted by Crippen LogP contribution is 2.34. The number of ether oxygens (including phenoxy) is 1. The van der Waals surface area contributed by atoms with Crippen LogP contribution < -0.4 is 4.90 Å². The maximum absolute atomic E-state index is 12.2. The first kappa shape index (κ1) is 17.7. The molecule has 1 saturated heterocycles. The first-order chi connectivity index (χ1) is 11.6. The summed E-state index contributed by atoms with van der Waals surface area (Å²) in [7, 11) is 0. The number of rotatable bonds is 2. The van der Waals surface area contributed by atoms with Gasteiger partial charge >= 0.3 is 12.1 Å². The Morgan fingerprint density at radius 2 is 2.08 bits per heavy atom. The maximum Gasteiger partial charge on any atom is 0.410 e. The highest BCUT2D eigenvalue weighted by molar-refractivity contribution is 7.16. The predicted molar refractivity (Wildman–Crippen MR) is 90.6 cm³/mol. The Balaban J connectivity index is 1.72. The minimum atomic E-state index is -0.965. The Labute approximate surface area is 149 Å². The van der Waals surface area contributed by atoms with Crippen LogP contribution in [0.4, 0.5) is 9.93 Å². The molecule has 1 atom stereocenters. The highest BCUT2D eigenvalue weighted by Gasteiger charge is 2.37. The Bertz CT molecular complexity index is 724. The van der Waals surface area contributed by atoms with Crippen molar-refractivity contribution in [2.24, 2.45) is 5.92 Å². The molecule has 136 valence electrons. The van der Waals surface area contributed by atoms with Crippen LogP contribution in [0.1, 0.15) is 37.8 Å². The van der Waals surface area contributed by atoms with Crippen LogP contribution in [0.2, 0.25) is 0 Å². The lowest BCUT2D eigenvalue weighted by Crippen LogP contribution is -2.39. The zero-order chi connectivity index (χ0) is 18.4. The molecule has 0 bridgehead atoms. The SMILES string of the molecule is CC(C)(C)OC(=O)N1CCc2nc(N3CC(C(=O)O)CC3=O)sc2C1. The molecule has 2 amide bonds. The number of carboxylic acid groups (broad SMARTS) is 1. The Morgan fingerprint density at radius 3 is 2.68 bits per heavy atom. The minimum absolute atomic E-state index is 0.00358. The highest BCUT2D eigenvalue weighted by atomic mass is 32.1. The van der Waals surface area contributed by atoms with Gasteiger partial charge in [0.05, 0.1) is 18.2 Å². The van der Waals surface area contributed by atoms with Crippen molar-refractivity contribution in [2.75, 3.05) is 18.0 Å². The van der Waals surface area contributed by atoms with Gasteiger partial charge < -0.3 is 14.7 Å². The minimum Gasteiger partial charge on any atom is -0.481 e. The molecule has 9 heteroatoms. The molecule has 0 spiro atoms. The van der Waals surface area contributed by atoms with E-state index in [-0.39, 0.29) is 25.0 Å². The summed E-state index contributed by atoms with van der Waals surface area (Å²) in [6, 6.07) is 0. The number of nitrogens with zero attached hydrogens (tertiary/aromatic N) is 3. The largest absolute Gasteiger partial charge is 0.481 e. The molecule has 25 heavy (non-hydrogen) atoms. The Kier molecular flexibility index (Phi) is 4.44. The summed E-state index contributed by atoms with van der Waals surface area (Å²) in [4.78, 5) is 43.9. The molecule has 2 aliphatic rings. The van der Waals surface area contributed by atoms with Crippen molar-refractivity contribution in [3.8, 4) is 0 Å². The normalized spacial score (nSPS) is 20.6. The van der Waals surface area contributed by atoms with E-state index in [1.165, 1.54) is 16.2 Å². The third-order valence-corrected chi connectivity index (χ3v) is 5.18. The second-order valence-electron chi connectivity index (χ2n) is 7.26. The van der Waals surface area contributed by atoms with Crippen molar-refractivity contribution in [1.82, 2.24) is 9.88 Å². The van der Waals surface area contributed by atoms with Crippen LogP contribution in [-0.4, -0.2) is 51.7 Å². The monoisotopic (exact) mass is 367 g/mol. The van der Waals surface area contributed by atoms with E-state index < -0.39 is 17.5 Å². The molecule has 1 aromatic heterocycles. The fraction of sp³-hybridized carbons (Fsp3) is 0.625. The topological polar surface area (TPSA) is 100 Å². The van der Waals surface area contributed by atoms with E-state index in [2.05, 4.69) is 4.98 Å². The number of carbonyl (C=O) groups is 3. The number of anilines is 1. The van der Waals surface area contributed by atoms with Gasteiger partial charge in [0.25, 0.3) is 0 Å². The molecule has 3 heterocycles. The molecule has 1 N–H and O–H groups in total. The number of aliphatic carboxylic acids is 1. The molecule has 0 aliphatic carbocycles. The first-order valence-electron chi connectivity index (χ1n) is 8.14. The van der Waals surface area contributed by atoms with Gasteiger partial charge in [-0.2, -0.15) is 0 Å². The van der Waals surface area contributed by atoms with Crippen molar-refractivity contribution >= 4 is 34.4 Å². The van der Waals surface area contributed by atoms with Gasteiger partial charge in [-0.1, -0.05) is 11.3 Å². The van der Waals surface area contributed by atoms with Crippen molar-refractivity contribution < 1.29 is 24.2 Å². The lowest BCUT2D eigenvalue weighted by molar-refractivity contribution is -0.141. The third kappa shape index (κ3) is 3.76. The molecule has 0 saturated carbocycles. The zero-order valence-electron chi connectivity index (χ0n) is 14.4. The number of thiazole rings is 1. The maximum atomic E-state index is 12.2. The Morgan fingerprint density at radius 1 is 1.36 bits per heavy atom. The predicted octanol–water partition coefficient (Wildman–Crippen LogP) is 1.87. The van der Waals surface area contributed by atoms with Crippen LogP contribution in [0.5, 0.6) is 0 Å². The van der Waals surface area contributed by atoms with Crippen LogP contribution in [0.15, 0.2) is 0 Å². The first-order valence-corrected chi connectivity index (χ1v) is 8.95. The van der Waals surface area contributed by atoms with E-state index in [0.717, 1.165) is 10.6 Å². The molecule has 1 unspecified atom stereocenters. The molecule has 0 radical (unpaired) electrons. The number of hydrogen-bond acceptors (Lipinski definition) is 6. The van der Waals surface area contributed by atoms with Crippen LogP contribution in [0.3, 0.4) is 0 Å². The van der Waals surface area contributed by atoms with Crippen LogP contribution in [-0.2, 0) is 27.3 Å². The molecular formula is C16H21N3O5S. The number of carboxylic acids is 1. The smallest absolute Gasteiger partial charge is 0.410 e. The molecule has 3 rings (SSSR count). The molecule has 1 fully saturated rings. The third-order valence-electron chi connectivity index (χ3n) is 4.08. The summed E-state index contributed by atoms with van der Waals surface area (Å²) in [5.74, 6) is -1.87. The summed E-state index contributed by atoms with van der Waals surface area (Å²) in [6.07, 6.45) is 0.232. The number of carbonyl (C=O) groups excluding carboxylic acids is 2. The number of hydrogen-bond donors (Lipinski definition) is 1. The summed E-state index contributed by atoms with van der Waals surface area (Å²) in [5.41, 5.74) is 0.315. The lowest BCUT2D eigenvalue weighted by atomic mass is 10.1. The standard InChI is InChI=1S/C16H21N3O5S/c1-16(2,3)24-15(23)18-5-4-10-11(8-18)25-14(17-10)19-7-9(13(21)22)6-12(19)20/h9H,4-8H2,1-3H3,(H,21,22). The summed E-state index contributed by atoms with van der Waals surface area (Å²) in [5, 5.41) is 9.61. The van der Waals surface area contributed by atoms with Gasteiger partial charge in [-0.3, -0.25) is 14.5 Å².